The van der Waals surface area contributed by atoms with Crippen molar-refractivity contribution in [1.29, 1.82) is 0 Å². The molecule has 0 atom stereocenters. The van der Waals surface area contributed by atoms with Crippen LogP contribution in [0.3, 0.4) is 0 Å². The fourth-order valence-electron chi connectivity index (χ4n) is 3.25. The number of rotatable bonds is 4. The van der Waals surface area contributed by atoms with Crippen molar-refractivity contribution in [2.75, 3.05) is 26.7 Å². The SMILES string of the molecule is CN(CC(=O)N1CCCC1)C(=O)C1CCC(C(=O)O)CC1. The van der Waals surface area contributed by atoms with E-state index >= 15 is 0 Å². The lowest BCUT2D eigenvalue weighted by Gasteiger charge is -2.29. The quantitative estimate of drug-likeness (QED) is 0.838. The van der Waals surface area contributed by atoms with Crippen molar-refractivity contribution in [3.63, 3.8) is 0 Å². The van der Waals surface area contributed by atoms with Crippen LogP contribution in [0.25, 0.3) is 0 Å². The molecule has 1 saturated heterocycles. The average Bonchev–Trinajstić information content (AvgIpc) is 3.00. The van der Waals surface area contributed by atoms with E-state index in [1.165, 1.54) is 4.90 Å². The molecule has 1 N–H and O–H groups in total. The summed E-state index contributed by atoms with van der Waals surface area (Å²) in [7, 11) is 1.67. The molecule has 6 nitrogen and oxygen atoms in total. The summed E-state index contributed by atoms with van der Waals surface area (Å²) in [6.45, 7) is 1.73. The number of hydrogen-bond acceptors (Lipinski definition) is 3. The molecule has 0 aromatic carbocycles. The zero-order valence-electron chi connectivity index (χ0n) is 12.6. The van der Waals surface area contributed by atoms with E-state index in [1.54, 1.807) is 7.05 Å². The van der Waals surface area contributed by atoms with E-state index in [4.69, 9.17) is 5.11 Å². The van der Waals surface area contributed by atoms with Crippen molar-refractivity contribution in [2.45, 2.75) is 38.5 Å². The largest absolute Gasteiger partial charge is 0.481 e. The number of amides is 2. The number of likely N-dealkylation sites (tertiary alicyclic amines) is 1. The van der Waals surface area contributed by atoms with Gasteiger partial charge in [0.15, 0.2) is 0 Å². The highest BCUT2D eigenvalue weighted by Gasteiger charge is 2.32. The van der Waals surface area contributed by atoms with Crippen molar-refractivity contribution in [3.8, 4) is 0 Å². The summed E-state index contributed by atoms with van der Waals surface area (Å²) in [6, 6.07) is 0. The van der Waals surface area contributed by atoms with Gasteiger partial charge in [-0.1, -0.05) is 0 Å². The summed E-state index contributed by atoms with van der Waals surface area (Å²) in [4.78, 5) is 38.6. The van der Waals surface area contributed by atoms with E-state index in [-0.39, 0.29) is 30.2 Å². The molecule has 0 bridgehead atoms. The number of carboxylic acids is 1. The third kappa shape index (κ3) is 3.95. The lowest BCUT2D eigenvalue weighted by atomic mass is 9.81. The van der Waals surface area contributed by atoms with E-state index in [0.29, 0.717) is 25.7 Å². The number of likely N-dealkylation sites (N-methyl/N-ethyl adjacent to an activating group) is 1. The van der Waals surface area contributed by atoms with E-state index in [9.17, 15) is 14.4 Å². The molecule has 0 aromatic rings. The van der Waals surface area contributed by atoms with Gasteiger partial charge in [-0.3, -0.25) is 14.4 Å². The number of carbonyl (C=O) groups is 3. The van der Waals surface area contributed by atoms with Crippen LogP contribution in [0, 0.1) is 11.8 Å². The normalized spacial score (nSPS) is 25.7. The highest BCUT2D eigenvalue weighted by atomic mass is 16.4. The first-order valence-corrected chi connectivity index (χ1v) is 7.74. The monoisotopic (exact) mass is 296 g/mol. The van der Waals surface area contributed by atoms with E-state index < -0.39 is 5.97 Å². The number of carboxylic acid groups (broad SMARTS) is 1. The topological polar surface area (TPSA) is 77.9 Å². The van der Waals surface area contributed by atoms with Gasteiger partial charge in [-0.25, -0.2) is 0 Å². The van der Waals surface area contributed by atoms with Crippen molar-refractivity contribution in [3.05, 3.63) is 0 Å². The Morgan fingerprint density at radius 3 is 2.10 bits per heavy atom. The first-order chi connectivity index (χ1) is 9.99. The zero-order chi connectivity index (χ0) is 15.4. The Balaban J connectivity index is 1.79. The lowest BCUT2D eigenvalue weighted by Crippen LogP contribution is -2.43. The van der Waals surface area contributed by atoms with Crippen LogP contribution in [0.5, 0.6) is 0 Å². The van der Waals surface area contributed by atoms with E-state index in [2.05, 4.69) is 0 Å². The van der Waals surface area contributed by atoms with Gasteiger partial charge in [0, 0.05) is 26.1 Å². The molecule has 0 spiro atoms. The van der Waals surface area contributed by atoms with Crippen LogP contribution in [0.2, 0.25) is 0 Å². The summed E-state index contributed by atoms with van der Waals surface area (Å²) >= 11 is 0. The van der Waals surface area contributed by atoms with Crippen LogP contribution >= 0.6 is 0 Å². The van der Waals surface area contributed by atoms with Crippen LogP contribution in [-0.2, 0) is 14.4 Å². The Hall–Kier alpha value is -1.59. The highest BCUT2D eigenvalue weighted by molar-refractivity contribution is 5.86. The molecule has 0 aromatic heterocycles. The maximum absolute atomic E-state index is 12.3. The van der Waals surface area contributed by atoms with Crippen molar-refractivity contribution in [2.24, 2.45) is 11.8 Å². The van der Waals surface area contributed by atoms with Crippen LogP contribution in [0.4, 0.5) is 0 Å². The molecule has 118 valence electrons. The van der Waals surface area contributed by atoms with Gasteiger partial charge in [0.1, 0.15) is 0 Å². The predicted molar refractivity (Wildman–Crippen MR) is 76.5 cm³/mol. The van der Waals surface area contributed by atoms with Crippen LogP contribution < -0.4 is 0 Å². The first kappa shape index (κ1) is 15.8. The Morgan fingerprint density at radius 1 is 1.05 bits per heavy atom. The molecule has 2 aliphatic rings. The zero-order valence-corrected chi connectivity index (χ0v) is 12.6. The number of hydrogen-bond donors (Lipinski definition) is 1. The summed E-state index contributed by atoms with van der Waals surface area (Å²) in [5.74, 6) is -1.21. The first-order valence-electron chi connectivity index (χ1n) is 7.74. The van der Waals surface area contributed by atoms with Gasteiger partial charge in [0.05, 0.1) is 12.5 Å². The van der Waals surface area contributed by atoms with Gasteiger partial charge in [0.2, 0.25) is 11.8 Å². The lowest BCUT2D eigenvalue weighted by molar-refractivity contribution is -0.146. The second-order valence-corrected chi connectivity index (χ2v) is 6.17. The smallest absolute Gasteiger partial charge is 0.306 e. The molecule has 1 aliphatic heterocycles. The fourth-order valence-corrected chi connectivity index (χ4v) is 3.25. The number of nitrogens with zero attached hydrogens (tertiary/aromatic N) is 2. The van der Waals surface area contributed by atoms with Gasteiger partial charge in [-0.05, 0) is 38.5 Å². The molecular weight excluding hydrogens is 272 g/mol. The van der Waals surface area contributed by atoms with Gasteiger partial charge >= 0.3 is 5.97 Å². The summed E-state index contributed by atoms with van der Waals surface area (Å²) < 4.78 is 0. The van der Waals surface area contributed by atoms with E-state index in [0.717, 1.165) is 25.9 Å². The minimum absolute atomic E-state index is 0.0163. The Morgan fingerprint density at radius 2 is 1.57 bits per heavy atom. The second-order valence-electron chi connectivity index (χ2n) is 6.17. The Bertz CT molecular complexity index is 410. The maximum Gasteiger partial charge on any atom is 0.306 e. The molecule has 2 fully saturated rings. The number of carbonyl (C=O) groups excluding carboxylic acids is 2. The van der Waals surface area contributed by atoms with Crippen LogP contribution in [0.1, 0.15) is 38.5 Å². The third-order valence-electron chi connectivity index (χ3n) is 4.63. The van der Waals surface area contributed by atoms with Gasteiger partial charge < -0.3 is 14.9 Å². The molecule has 0 radical (unpaired) electrons. The molecule has 1 saturated carbocycles. The molecular formula is C15H24N2O4. The van der Waals surface area contributed by atoms with Crippen molar-refractivity contribution in [1.82, 2.24) is 9.80 Å². The molecule has 2 amide bonds. The van der Waals surface area contributed by atoms with Gasteiger partial charge in [0.25, 0.3) is 0 Å². The minimum Gasteiger partial charge on any atom is -0.481 e. The summed E-state index contributed by atoms with van der Waals surface area (Å²) in [6.07, 6.45) is 4.42. The maximum atomic E-state index is 12.3. The Kier molecular flexibility index (Phi) is 5.20. The van der Waals surface area contributed by atoms with Crippen molar-refractivity contribution < 1.29 is 19.5 Å². The summed E-state index contributed by atoms with van der Waals surface area (Å²) in [5.41, 5.74) is 0. The molecule has 21 heavy (non-hydrogen) atoms. The standard InChI is InChI=1S/C15H24N2O4/c1-16(10-13(18)17-8-2-3-9-17)14(19)11-4-6-12(7-5-11)15(20)21/h11-12H,2-10H2,1H3,(H,20,21). The third-order valence-corrected chi connectivity index (χ3v) is 4.63. The summed E-state index contributed by atoms with van der Waals surface area (Å²) in [5, 5.41) is 8.97. The molecule has 2 rings (SSSR count). The molecule has 1 heterocycles. The molecule has 1 aliphatic carbocycles. The second kappa shape index (κ2) is 6.91. The minimum atomic E-state index is -0.765. The van der Waals surface area contributed by atoms with Crippen molar-refractivity contribution >= 4 is 17.8 Å². The van der Waals surface area contributed by atoms with Crippen LogP contribution in [-0.4, -0.2) is 59.4 Å². The Labute approximate surface area is 125 Å². The van der Waals surface area contributed by atoms with E-state index in [1.807, 2.05) is 4.90 Å². The number of aliphatic carboxylic acids is 1. The predicted octanol–water partition coefficient (Wildman–Crippen LogP) is 0.958. The van der Waals surface area contributed by atoms with Crippen LogP contribution in [0.15, 0.2) is 0 Å². The highest BCUT2D eigenvalue weighted by Crippen LogP contribution is 2.30. The molecule has 6 heteroatoms. The van der Waals surface area contributed by atoms with Gasteiger partial charge in [-0.15, -0.1) is 0 Å². The fraction of sp³-hybridized carbons (Fsp3) is 0.800. The van der Waals surface area contributed by atoms with Gasteiger partial charge in [-0.2, -0.15) is 0 Å². The average molecular weight is 296 g/mol. The molecule has 0 unspecified atom stereocenters.